The average molecular weight is 295 g/mol. The lowest BCUT2D eigenvalue weighted by Crippen LogP contribution is -2.39. The fraction of sp³-hybridized carbons (Fsp3) is 0.588. The molecule has 0 unspecified atom stereocenters. The van der Waals surface area contributed by atoms with Gasteiger partial charge < -0.3 is 10.1 Å². The molecule has 0 spiro atoms. The van der Waals surface area contributed by atoms with Crippen LogP contribution >= 0.6 is 0 Å². The summed E-state index contributed by atoms with van der Waals surface area (Å²) in [7, 11) is 0. The van der Waals surface area contributed by atoms with Gasteiger partial charge in [-0.15, -0.1) is 6.58 Å². The standard InChI is InChI=1S/C11H17N3O.C4H8.C2H6.H2/c1-2-4-12-11(3-1)13-5-6-14-7-9-15-10-8-14;1-3-4-2;1-2;/h1-4H,5-10H2,(H,12,13);3H,1,4H2,2H3;1-2H3;1H. The molecule has 0 radical (unpaired) electrons. The van der Waals surface area contributed by atoms with Gasteiger partial charge in [-0.3, -0.25) is 4.90 Å². The summed E-state index contributed by atoms with van der Waals surface area (Å²) in [6, 6.07) is 5.90. The molecule has 0 saturated carbocycles. The Morgan fingerprint density at radius 3 is 2.57 bits per heavy atom. The Balaban J connectivity index is 0. The molecule has 1 saturated heterocycles. The third-order valence-electron chi connectivity index (χ3n) is 2.79. The van der Waals surface area contributed by atoms with Crippen LogP contribution in [-0.4, -0.2) is 49.3 Å². The van der Waals surface area contributed by atoms with E-state index in [-0.39, 0.29) is 1.43 Å². The molecule has 1 aromatic rings. The topological polar surface area (TPSA) is 37.4 Å². The summed E-state index contributed by atoms with van der Waals surface area (Å²) in [5.41, 5.74) is 0. The van der Waals surface area contributed by atoms with Crippen LogP contribution in [0.4, 0.5) is 5.82 Å². The molecule has 0 amide bonds. The second kappa shape index (κ2) is 15.0. The SMILES string of the molecule is C=CCC.CC.[HH].c1ccc(NCCN2CCOCC2)nc1. The van der Waals surface area contributed by atoms with E-state index in [9.17, 15) is 0 Å². The van der Waals surface area contributed by atoms with Crippen LogP contribution in [0.3, 0.4) is 0 Å². The second-order valence-corrected chi connectivity index (χ2v) is 4.29. The van der Waals surface area contributed by atoms with Gasteiger partial charge in [0.05, 0.1) is 13.2 Å². The quantitative estimate of drug-likeness (QED) is 0.841. The van der Waals surface area contributed by atoms with Gasteiger partial charge in [0.2, 0.25) is 0 Å². The van der Waals surface area contributed by atoms with E-state index in [1.54, 1.807) is 6.20 Å². The van der Waals surface area contributed by atoms with Crippen LogP contribution in [0, 0.1) is 0 Å². The number of rotatable bonds is 5. The Morgan fingerprint density at radius 2 is 2.05 bits per heavy atom. The van der Waals surface area contributed by atoms with Crippen molar-refractivity contribution in [1.82, 2.24) is 9.88 Å². The van der Waals surface area contributed by atoms with Gasteiger partial charge in [0.25, 0.3) is 0 Å². The summed E-state index contributed by atoms with van der Waals surface area (Å²) < 4.78 is 5.29. The largest absolute Gasteiger partial charge is 0.379 e. The number of hydrogen-bond donors (Lipinski definition) is 1. The van der Waals surface area contributed by atoms with Gasteiger partial charge in [0.15, 0.2) is 0 Å². The van der Waals surface area contributed by atoms with Crippen LogP contribution in [0.15, 0.2) is 37.1 Å². The van der Waals surface area contributed by atoms with Crippen molar-refractivity contribution in [3.05, 3.63) is 37.1 Å². The number of ether oxygens (including phenoxy) is 1. The fourth-order valence-electron chi connectivity index (χ4n) is 1.63. The number of morpholine rings is 1. The van der Waals surface area contributed by atoms with Crippen LogP contribution in [0.2, 0.25) is 0 Å². The Morgan fingerprint density at radius 1 is 1.38 bits per heavy atom. The minimum atomic E-state index is 0. The maximum Gasteiger partial charge on any atom is 0.125 e. The van der Waals surface area contributed by atoms with Crippen molar-refractivity contribution >= 4 is 5.82 Å². The smallest absolute Gasteiger partial charge is 0.125 e. The number of allylic oxidation sites excluding steroid dienone is 1. The van der Waals surface area contributed by atoms with Gasteiger partial charge in [-0.2, -0.15) is 0 Å². The first kappa shape index (κ1) is 19.6. The predicted octanol–water partition coefficient (Wildman–Crippen LogP) is 3.68. The van der Waals surface area contributed by atoms with E-state index in [1.807, 2.05) is 38.1 Å². The lowest BCUT2D eigenvalue weighted by atomic mass is 10.4. The molecule has 122 valence electrons. The molecule has 0 bridgehead atoms. The van der Waals surface area contributed by atoms with Crippen molar-refractivity contribution in [1.29, 1.82) is 0 Å². The van der Waals surface area contributed by atoms with Crippen molar-refractivity contribution in [2.75, 3.05) is 44.7 Å². The molecule has 2 heterocycles. The number of anilines is 1. The number of pyridine rings is 1. The zero-order valence-corrected chi connectivity index (χ0v) is 13.8. The van der Waals surface area contributed by atoms with Gasteiger partial charge in [-0.1, -0.05) is 32.9 Å². The molecule has 1 aromatic heterocycles. The van der Waals surface area contributed by atoms with Gasteiger partial charge in [0, 0.05) is 33.8 Å². The molecule has 0 aliphatic carbocycles. The molecule has 21 heavy (non-hydrogen) atoms. The summed E-state index contributed by atoms with van der Waals surface area (Å²) in [6.45, 7) is 15.4. The van der Waals surface area contributed by atoms with Crippen LogP contribution in [0.1, 0.15) is 28.6 Å². The number of nitrogens with one attached hydrogen (secondary N) is 1. The van der Waals surface area contributed by atoms with Gasteiger partial charge in [-0.05, 0) is 18.6 Å². The summed E-state index contributed by atoms with van der Waals surface area (Å²) in [5.74, 6) is 0.950. The highest BCUT2D eigenvalue weighted by Crippen LogP contribution is 2.00. The molecular formula is C17H33N3O. The van der Waals surface area contributed by atoms with Gasteiger partial charge >= 0.3 is 0 Å². The summed E-state index contributed by atoms with van der Waals surface area (Å²) in [4.78, 5) is 6.61. The van der Waals surface area contributed by atoms with Crippen LogP contribution < -0.4 is 5.32 Å². The maximum absolute atomic E-state index is 5.29. The molecule has 1 fully saturated rings. The summed E-state index contributed by atoms with van der Waals surface area (Å²) in [6.07, 6.45) is 4.76. The third-order valence-corrected chi connectivity index (χ3v) is 2.79. The molecule has 4 nitrogen and oxygen atoms in total. The van der Waals surface area contributed by atoms with Gasteiger partial charge in [0.1, 0.15) is 5.82 Å². The summed E-state index contributed by atoms with van der Waals surface area (Å²) >= 11 is 0. The number of aromatic nitrogens is 1. The predicted molar refractivity (Wildman–Crippen MR) is 93.9 cm³/mol. The first-order valence-corrected chi connectivity index (χ1v) is 7.92. The van der Waals surface area contributed by atoms with E-state index >= 15 is 0 Å². The first-order valence-electron chi connectivity index (χ1n) is 7.92. The van der Waals surface area contributed by atoms with Crippen LogP contribution in [-0.2, 0) is 4.74 Å². The minimum absolute atomic E-state index is 0. The molecule has 1 aliphatic rings. The Kier molecular flexibility index (Phi) is 14.0. The second-order valence-electron chi connectivity index (χ2n) is 4.29. The van der Waals surface area contributed by atoms with Crippen molar-refractivity contribution < 1.29 is 6.16 Å². The fourth-order valence-corrected chi connectivity index (χ4v) is 1.63. The molecular weight excluding hydrogens is 262 g/mol. The Bertz CT molecular complexity index is 330. The molecule has 1 aliphatic heterocycles. The van der Waals surface area contributed by atoms with E-state index in [0.29, 0.717) is 0 Å². The molecule has 1 N–H and O–H groups in total. The maximum atomic E-state index is 5.29. The zero-order chi connectivity index (χ0) is 15.8. The van der Waals surface area contributed by atoms with Crippen molar-refractivity contribution in [2.24, 2.45) is 0 Å². The van der Waals surface area contributed by atoms with E-state index in [2.05, 4.69) is 28.7 Å². The molecule has 4 heteroatoms. The molecule has 0 aromatic carbocycles. The highest BCUT2D eigenvalue weighted by Gasteiger charge is 2.08. The zero-order valence-electron chi connectivity index (χ0n) is 13.8. The monoisotopic (exact) mass is 295 g/mol. The number of hydrogen-bond acceptors (Lipinski definition) is 4. The van der Waals surface area contributed by atoms with Crippen molar-refractivity contribution in [3.8, 4) is 0 Å². The lowest BCUT2D eigenvalue weighted by molar-refractivity contribution is 0.0398. The summed E-state index contributed by atoms with van der Waals surface area (Å²) in [5, 5.41) is 3.30. The molecule has 2 rings (SSSR count). The minimum Gasteiger partial charge on any atom is -0.379 e. The normalized spacial score (nSPS) is 14.0. The Labute approximate surface area is 131 Å². The molecule has 0 atom stereocenters. The van der Waals surface area contributed by atoms with E-state index in [0.717, 1.165) is 51.6 Å². The highest BCUT2D eigenvalue weighted by molar-refractivity contribution is 5.32. The average Bonchev–Trinajstić information content (AvgIpc) is 2.59. The third kappa shape index (κ3) is 11.0. The van der Waals surface area contributed by atoms with Crippen molar-refractivity contribution in [2.45, 2.75) is 27.2 Å². The Hall–Kier alpha value is -1.39. The lowest BCUT2D eigenvalue weighted by Gasteiger charge is -2.26. The van der Waals surface area contributed by atoms with E-state index < -0.39 is 0 Å². The van der Waals surface area contributed by atoms with Crippen LogP contribution in [0.25, 0.3) is 0 Å². The van der Waals surface area contributed by atoms with Crippen LogP contribution in [0.5, 0.6) is 0 Å². The highest BCUT2D eigenvalue weighted by atomic mass is 16.5. The van der Waals surface area contributed by atoms with Gasteiger partial charge in [-0.25, -0.2) is 4.98 Å². The number of nitrogens with zero attached hydrogens (tertiary/aromatic N) is 2. The van der Waals surface area contributed by atoms with Crippen molar-refractivity contribution in [3.63, 3.8) is 0 Å². The first-order chi connectivity index (χ1) is 10.4. The van der Waals surface area contributed by atoms with E-state index in [4.69, 9.17) is 4.74 Å². The van der Waals surface area contributed by atoms with E-state index in [1.165, 1.54) is 0 Å².